The van der Waals surface area contributed by atoms with Gasteiger partial charge in [0.05, 0.1) is 0 Å². The number of rotatable bonds is 8. The number of amides is 2. The Kier molecular flexibility index (Phi) is 8.04. The van der Waals surface area contributed by atoms with Gasteiger partial charge in [-0.15, -0.1) is 0 Å². The molecule has 0 aliphatic carbocycles. The molecule has 0 fully saturated rings. The predicted octanol–water partition coefficient (Wildman–Crippen LogP) is 2.80. The van der Waals surface area contributed by atoms with Gasteiger partial charge in [-0.1, -0.05) is 44.4 Å². The second kappa shape index (κ2) is 9.82. The van der Waals surface area contributed by atoms with Crippen LogP contribution in [0.2, 0.25) is 0 Å². The van der Waals surface area contributed by atoms with Crippen LogP contribution in [-0.2, 0) is 9.59 Å². The van der Waals surface area contributed by atoms with Crippen molar-refractivity contribution in [2.75, 3.05) is 6.61 Å². The summed E-state index contributed by atoms with van der Waals surface area (Å²) in [6, 6.07) is 5.80. The molecule has 1 rings (SSSR count). The van der Waals surface area contributed by atoms with Crippen molar-refractivity contribution in [3.05, 3.63) is 29.3 Å². The third kappa shape index (κ3) is 6.61. The van der Waals surface area contributed by atoms with Gasteiger partial charge in [-0.3, -0.25) is 20.4 Å². The molecule has 0 heterocycles. The molecule has 0 saturated carbocycles. The van der Waals surface area contributed by atoms with Crippen LogP contribution < -0.4 is 15.6 Å². The summed E-state index contributed by atoms with van der Waals surface area (Å²) in [5.74, 6) is 0.171. The number of hydrazine groups is 1. The highest BCUT2D eigenvalue weighted by molar-refractivity contribution is 5.82. The number of nitrogens with one attached hydrogen (secondary N) is 2. The van der Waals surface area contributed by atoms with Gasteiger partial charge >= 0.3 is 0 Å². The van der Waals surface area contributed by atoms with Crippen LogP contribution >= 0.6 is 0 Å². The van der Waals surface area contributed by atoms with Gasteiger partial charge in [0.15, 0.2) is 6.61 Å². The van der Waals surface area contributed by atoms with Gasteiger partial charge in [-0.05, 0) is 31.4 Å². The number of hydrogen-bond donors (Lipinski definition) is 2. The van der Waals surface area contributed by atoms with E-state index in [9.17, 15) is 9.59 Å². The van der Waals surface area contributed by atoms with Crippen LogP contribution in [0, 0.1) is 13.8 Å². The molecule has 0 aliphatic heterocycles. The monoisotopic (exact) mass is 306 g/mol. The first-order valence-electron chi connectivity index (χ1n) is 7.81. The first-order valence-corrected chi connectivity index (χ1v) is 7.81. The van der Waals surface area contributed by atoms with Crippen molar-refractivity contribution in [1.82, 2.24) is 10.9 Å². The molecule has 0 radical (unpaired) electrons. The molecule has 1 aromatic carbocycles. The van der Waals surface area contributed by atoms with Gasteiger partial charge in [0.1, 0.15) is 5.75 Å². The fraction of sp³-hybridized carbons (Fsp3) is 0.529. The summed E-state index contributed by atoms with van der Waals surface area (Å²) in [5, 5.41) is 0. The van der Waals surface area contributed by atoms with E-state index in [1.165, 1.54) is 0 Å². The molecule has 0 spiro atoms. The largest absolute Gasteiger partial charge is 0.483 e. The van der Waals surface area contributed by atoms with E-state index >= 15 is 0 Å². The molecule has 0 saturated heterocycles. The lowest BCUT2D eigenvalue weighted by Gasteiger charge is -2.12. The SMILES string of the molecule is CCCCCCC(=O)NNC(=O)COc1c(C)cccc1C. The standard InChI is InChI=1S/C17H26N2O3/c1-4-5-6-7-11-15(20)18-19-16(21)12-22-17-13(2)9-8-10-14(17)3/h8-10H,4-7,11-12H2,1-3H3,(H,18,20)(H,19,21). The zero-order valence-electron chi connectivity index (χ0n) is 13.7. The van der Waals surface area contributed by atoms with Crippen LogP contribution in [0.1, 0.15) is 50.2 Å². The second-order valence-electron chi connectivity index (χ2n) is 5.42. The quantitative estimate of drug-likeness (QED) is 0.573. The minimum Gasteiger partial charge on any atom is -0.483 e. The number of ether oxygens (including phenoxy) is 1. The van der Waals surface area contributed by atoms with E-state index in [2.05, 4.69) is 17.8 Å². The minimum absolute atomic E-state index is 0.123. The summed E-state index contributed by atoms with van der Waals surface area (Å²) < 4.78 is 5.51. The van der Waals surface area contributed by atoms with E-state index in [4.69, 9.17) is 4.74 Å². The summed E-state index contributed by atoms with van der Waals surface area (Å²) >= 11 is 0. The number of aryl methyl sites for hydroxylation is 2. The van der Waals surface area contributed by atoms with Gasteiger partial charge in [-0.2, -0.15) is 0 Å². The topological polar surface area (TPSA) is 67.4 Å². The molecule has 2 N–H and O–H groups in total. The summed E-state index contributed by atoms with van der Waals surface area (Å²) in [7, 11) is 0. The van der Waals surface area contributed by atoms with Gasteiger partial charge in [0, 0.05) is 6.42 Å². The van der Waals surface area contributed by atoms with E-state index in [1.54, 1.807) is 0 Å². The third-order valence-electron chi connectivity index (χ3n) is 3.36. The average Bonchev–Trinajstić information content (AvgIpc) is 2.49. The Balaban J connectivity index is 2.25. The molecule has 5 nitrogen and oxygen atoms in total. The Morgan fingerprint density at radius 3 is 2.27 bits per heavy atom. The molecule has 0 aliphatic rings. The van der Waals surface area contributed by atoms with Crippen molar-refractivity contribution in [3.63, 3.8) is 0 Å². The average molecular weight is 306 g/mol. The maximum atomic E-state index is 11.7. The van der Waals surface area contributed by atoms with Gasteiger partial charge < -0.3 is 4.74 Å². The van der Waals surface area contributed by atoms with Crippen LogP contribution in [0.5, 0.6) is 5.75 Å². The van der Waals surface area contributed by atoms with Crippen LogP contribution in [0.25, 0.3) is 0 Å². The van der Waals surface area contributed by atoms with Crippen LogP contribution in [0.15, 0.2) is 18.2 Å². The number of carbonyl (C=O) groups excluding carboxylic acids is 2. The first kappa shape index (κ1) is 18.0. The lowest BCUT2D eigenvalue weighted by molar-refractivity contribution is -0.130. The van der Waals surface area contributed by atoms with Gasteiger partial charge in [0.2, 0.25) is 5.91 Å². The normalized spacial score (nSPS) is 10.1. The van der Waals surface area contributed by atoms with E-state index in [-0.39, 0.29) is 18.4 Å². The summed E-state index contributed by atoms with van der Waals surface area (Å²) in [6.45, 7) is 5.86. The zero-order valence-corrected chi connectivity index (χ0v) is 13.7. The second-order valence-corrected chi connectivity index (χ2v) is 5.42. The number of carbonyl (C=O) groups is 2. The third-order valence-corrected chi connectivity index (χ3v) is 3.36. The molecule has 122 valence electrons. The zero-order chi connectivity index (χ0) is 16.4. The van der Waals surface area contributed by atoms with Gasteiger partial charge in [0.25, 0.3) is 5.91 Å². The Morgan fingerprint density at radius 2 is 1.64 bits per heavy atom. The van der Waals surface area contributed by atoms with E-state index in [1.807, 2.05) is 32.0 Å². The maximum Gasteiger partial charge on any atom is 0.276 e. The molecule has 1 aromatic rings. The molecule has 0 aromatic heterocycles. The molecule has 0 bridgehead atoms. The van der Waals surface area contributed by atoms with E-state index in [0.717, 1.165) is 36.8 Å². The first-order chi connectivity index (χ1) is 10.5. The van der Waals surface area contributed by atoms with Crippen molar-refractivity contribution < 1.29 is 14.3 Å². The van der Waals surface area contributed by atoms with E-state index in [0.29, 0.717) is 12.2 Å². The molecule has 22 heavy (non-hydrogen) atoms. The molecule has 0 atom stereocenters. The summed E-state index contributed by atoms with van der Waals surface area (Å²) in [6.07, 6.45) is 4.57. The van der Waals surface area contributed by atoms with Crippen molar-refractivity contribution in [2.45, 2.75) is 52.9 Å². The molecule has 0 unspecified atom stereocenters. The Hall–Kier alpha value is -2.04. The fourth-order valence-electron chi connectivity index (χ4n) is 2.11. The lowest BCUT2D eigenvalue weighted by atomic mass is 10.1. The number of unbranched alkanes of at least 4 members (excludes halogenated alkanes) is 3. The van der Waals surface area contributed by atoms with Crippen LogP contribution in [-0.4, -0.2) is 18.4 Å². The minimum atomic E-state index is -0.371. The van der Waals surface area contributed by atoms with Crippen LogP contribution in [0.3, 0.4) is 0 Å². The molecule has 5 heteroatoms. The highest BCUT2D eigenvalue weighted by Crippen LogP contribution is 2.21. The maximum absolute atomic E-state index is 11.7. The summed E-state index contributed by atoms with van der Waals surface area (Å²) in [5.41, 5.74) is 6.73. The number of hydrogen-bond acceptors (Lipinski definition) is 3. The Morgan fingerprint density at radius 1 is 1.00 bits per heavy atom. The fourth-order valence-corrected chi connectivity index (χ4v) is 2.11. The van der Waals surface area contributed by atoms with Crippen LogP contribution in [0.4, 0.5) is 0 Å². The smallest absolute Gasteiger partial charge is 0.276 e. The van der Waals surface area contributed by atoms with Gasteiger partial charge in [-0.25, -0.2) is 0 Å². The molecular formula is C17H26N2O3. The molecular weight excluding hydrogens is 280 g/mol. The Bertz CT molecular complexity index is 480. The molecule has 2 amide bonds. The lowest BCUT2D eigenvalue weighted by Crippen LogP contribution is -2.43. The highest BCUT2D eigenvalue weighted by Gasteiger charge is 2.08. The number of para-hydroxylation sites is 1. The van der Waals surface area contributed by atoms with E-state index < -0.39 is 0 Å². The van der Waals surface area contributed by atoms with Crippen molar-refractivity contribution in [3.8, 4) is 5.75 Å². The summed E-state index contributed by atoms with van der Waals surface area (Å²) in [4.78, 5) is 23.2. The number of benzene rings is 1. The van der Waals surface area contributed by atoms with Crippen molar-refractivity contribution in [1.29, 1.82) is 0 Å². The highest BCUT2D eigenvalue weighted by atomic mass is 16.5. The Labute approximate surface area is 132 Å². The van der Waals surface area contributed by atoms with Crippen molar-refractivity contribution in [2.24, 2.45) is 0 Å². The van der Waals surface area contributed by atoms with Crippen molar-refractivity contribution >= 4 is 11.8 Å². The predicted molar refractivity (Wildman–Crippen MR) is 86.5 cm³/mol.